The van der Waals surface area contributed by atoms with Crippen molar-refractivity contribution in [2.45, 2.75) is 17.4 Å². The first-order valence-electron chi connectivity index (χ1n) is 10.4. The molecule has 1 amide bonds. The number of benzene rings is 1. The van der Waals surface area contributed by atoms with Crippen LogP contribution in [0.4, 0.5) is 0 Å². The predicted octanol–water partition coefficient (Wildman–Crippen LogP) is 2.86. The van der Waals surface area contributed by atoms with Gasteiger partial charge in [-0.05, 0) is 47.6 Å². The number of aromatic nitrogens is 1. The summed E-state index contributed by atoms with van der Waals surface area (Å²) >= 11 is 17.0. The molecule has 0 aliphatic rings. The van der Waals surface area contributed by atoms with Crippen molar-refractivity contribution in [3.8, 4) is 0 Å². The Balaban J connectivity index is 0.00000432. The summed E-state index contributed by atoms with van der Waals surface area (Å²) in [5, 5.41) is 11.3. The van der Waals surface area contributed by atoms with Crippen LogP contribution in [0.25, 0.3) is 22.4 Å². The van der Waals surface area contributed by atoms with Crippen molar-refractivity contribution in [1.82, 2.24) is 9.88 Å². The van der Waals surface area contributed by atoms with Gasteiger partial charge in [-0.3, -0.25) is 4.79 Å². The van der Waals surface area contributed by atoms with Crippen molar-refractivity contribution >= 4 is 92.3 Å². The molecule has 3 aromatic rings. The van der Waals surface area contributed by atoms with E-state index < -0.39 is 5.97 Å². The number of rotatable bonds is 11. The molecule has 180 valence electrons. The number of carboxylic acids is 1. The number of thiophene rings is 1. The van der Waals surface area contributed by atoms with Crippen molar-refractivity contribution in [1.29, 1.82) is 0 Å². The Morgan fingerprint density at radius 2 is 1.83 bits per heavy atom. The van der Waals surface area contributed by atoms with E-state index in [1.807, 2.05) is 42.5 Å². The number of nitrogens with zero attached hydrogens (tertiary/aromatic N) is 2. The fourth-order valence-electron chi connectivity index (χ4n) is 2.99. The van der Waals surface area contributed by atoms with E-state index >= 15 is 0 Å². The van der Waals surface area contributed by atoms with Gasteiger partial charge in [-0.1, -0.05) is 47.5 Å². The Labute approximate surface area is 249 Å². The third-order valence-electron chi connectivity index (χ3n) is 4.75. The van der Waals surface area contributed by atoms with Gasteiger partial charge in [-0.2, -0.15) is 0 Å². The fourth-order valence-corrected chi connectivity index (χ4v) is 7.05. The molecule has 0 saturated heterocycles. The maximum atomic E-state index is 11.9. The Morgan fingerprint density at radius 1 is 1.11 bits per heavy atom. The number of hydrogen-bond donors (Lipinski definition) is 0. The van der Waals surface area contributed by atoms with Gasteiger partial charge in [-0.15, -0.1) is 34.9 Å². The molecule has 0 spiro atoms. The zero-order chi connectivity index (χ0) is 24.7. The predicted molar refractivity (Wildman–Crippen MR) is 146 cm³/mol. The maximum absolute atomic E-state index is 11.9. The van der Waals surface area contributed by atoms with Crippen molar-refractivity contribution < 1.29 is 44.3 Å². The van der Waals surface area contributed by atoms with Gasteiger partial charge in [0.05, 0.1) is 20.0 Å². The Kier molecular flexibility index (Phi) is 13.0. The zero-order valence-corrected chi connectivity index (χ0v) is 25.6. The normalized spacial score (nSPS) is 12.0. The van der Waals surface area contributed by atoms with Crippen molar-refractivity contribution in [2.75, 3.05) is 25.6 Å². The van der Waals surface area contributed by atoms with Gasteiger partial charge in [0.15, 0.2) is 0 Å². The van der Waals surface area contributed by atoms with Gasteiger partial charge in [0.2, 0.25) is 5.91 Å². The van der Waals surface area contributed by atoms with Gasteiger partial charge in [0.1, 0.15) is 9.85 Å². The van der Waals surface area contributed by atoms with Crippen LogP contribution in [0.3, 0.4) is 0 Å². The summed E-state index contributed by atoms with van der Waals surface area (Å²) in [5.41, 5.74) is 3.51. The molecule has 2 heterocycles. The van der Waals surface area contributed by atoms with Gasteiger partial charge in [-0.25, -0.2) is 4.98 Å². The van der Waals surface area contributed by atoms with Crippen LogP contribution in [-0.4, -0.2) is 47.4 Å². The first-order valence-corrected chi connectivity index (χ1v) is 14.1. The number of carbonyl (C=O) groups excluding carboxylic acids is 2. The minimum Gasteiger partial charge on any atom is -0.550 e. The van der Waals surface area contributed by atoms with E-state index in [0.717, 1.165) is 21.5 Å². The Morgan fingerprint density at radius 3 is 2.51 bits per heavy atom. The third-order valence-corrected chi connectivity index (χ3v) is 9.52. The molecule has 35 heavy (non-hydrogen) atoms. The topological polar surface area (TPSA) is 73.3 Å². The van der Waals surface area contributed by atoms with E-state index in [-0.39, 0.29) is 46.5 Å². The van der Waals surface area contributed by atoms with E-state index in [9.17, 15) is 14.7 Å². The summed E-state index contributed by atoms with van der Waals surface area (Å²) in [6, 6.07) is 11.9. The van der Waals surface area contributed by atoms with E-state index in [4.69, 9.17) is 23.2 Å². The Hall–Kier alpha value is -0.710. The average molecular weight is 578 g/mol. The molecule has 3 rings (SSSR count). The van der Waals surface area contributed by atoms with Crippen LogP contribution in [0.2, 0.25) is 9.36 Å². The standard InChI is InChI=1S/C24H24Cl2N2O3S3.Na/c1-28(2)19(29)10-12-32-24(33-13-11-20(30)31)16-5-3-4-15(14-16)6-7-17-8-9-18-22(27-17)21(25)23(26)34-18;/h3-9,14,24H,10-13H2,1-2H3,(H,30,31);/q;+1/p-1. The van der Waals surface area contributed by atoms with E-state index in [2.05, 4.69) is 11.1 Å². The molecule has 0 aliphatic carbocycles. The number of thioether (sulfide) groups is 2. The minimum absolute atomic E-state index is 0. The van der Waals surface area contributed by atoms with Crippen LogP contribution >= 0.6 is 58.1 Å². The van der Waals surface area contributed by atoms with Gasteiger partial charge in [0.25, 0.3) is 0 Å². The molecule has 0 radical (unpaired) electrons. The molecule has 1 aromatic carbocycles. The third kappa shape index (κ3) is 9.27. The van der Waals surface area contributed by atoms with Gasteiger partial charge >= 0.3 is 29.6 Å². The number of hydrogen-bond acceptors (Lipinski definition) is 7. The summed E-state index contributed by atoms with van der Waals surface area (Å²) in [6.07, 6.45) is 4.31. The smallest absolute Gasteiger partial charge is 0.550 e. The molecule has 0 aliphatic heterocycles. The SMILES string of the molecule is CN(C)C(=O)CCSC(SCCC(=O)[O-])c1cccc(C=Cc2ccc3sc(Cl)c(Cl)c3n2)c1.[Na+]. The number of carbonyl (C=O) groups is 2. The van der Waals surface area contributed by atoms with Crippen LogP contribution in [0.15, 0.2) is 36.4 Å². The molecule has 0 saturated carbocycles. The molecule has 1 unspecified atom stereocenters. The van der Waals surface area contributed by atoms with Crippen LogP contribution in [0, 0.1) is 0 Å². The largest absolute Gasteiger partial charge is 1.00 e. The molecule has 0 fully saturated rings. The second kappa shape index (κ2) is 14.9. The number of aliphatic carboxylic acids is 1. The van der Waals surface area contributed by atoms with Crippen LogP contribution < -0.4 is 34.7 Å². The molecule has 2 aromatic heterocycles. The van der Waals surface area contributed by atoms with Crippen molar-refractivity contribution in [3.63, 3.8) is 0 Å². The first-order chi connectivity index (χ1) is 16.2. The van der Waals surface area contributed by atoms with E-state index in [1.54, 1.807) is 42.5 Å². The average Bonchev–Trinajstić information content (AvgIpc) is 3.09. The molecule has 11 heteroatoms. The zero-order valence-electron chi connectivity index (χ0n) is 19.6. The number of pyridine rings is 1. The van der Waals surface area contributed by atoms with Crippen molar-refractivity contribution in [2.24, 2.45) is 0 Å². The van der Waals surface area contributed by atoms with Crippen LogP contribution in [0.5, 0.6) is 0 Å². The second-order valence-electron chi connectivity index (χ2n) is 7.51. The summed E-state index contributed by atoms with van der Waals surface area (Å²) in [7, 11) is 3.48. The molecule has 0 bridgehead atoms. The summed E-state index contributed by atoms with van der Waals surface area (Å²) in [4.78, 5) is 29.0. The first kappa shape index (κ1) is 30.5. The molecule has 0 N–H and O–H groups in total. The van der Waals surface area contributed by atoms with E-state index in [1.165, 1.54) is 11.3 Å². The number of fused-ring (bicyclic) bond motifs is 1. The minimum atomic E-state index is -1.06. The second-order valence-corrected chi connectivity index (χ2v) is 12.3. The summed E-state index contributed by atoms with van der Waals surface area (Å²) < 4.78 is 1.48. The fraction of sp³-hybridized carbons (Fsp3) is 0.292. The quantitative estimate of drug-likeness (QED) is 0.258. The summed E-state index contributed by atoms with van der Waals surface area (Å²) in [5.74, 6) is 0.0927. The number of amides is 1. The molecule has 1 atom stereocenters. The number of halogens is 2. The van der Waals surface area contributed by atoms with E-state index in [0.29, 0.717) is 32.8 Å². The Bertz CT molecular complexity index is 1200. The van der Waals surface area contributed by atoms with Gasteiger partial charge in [0, 0.05) is 32.2 Å². The number of carboxylic acid groups (broad SMARTS) is 1. The van der Waals surface area contributed by atoms with Crippen LogP contribution in [0.1, 0.15) is 34.2 Å². The maximum Gasteiger partial charge on any atom is 1.00 e. The molecule has 5 nitrogen and oxygen atoms in total. The van der Waals surface area contributed by atoms with Crippen LogP contribution in [-0.2, 0) is 9.59 Å². The monoisotopic (exact) mass is 576 g/mol. The molecular formula is C24H23Cl2N2NaO3S3. The van der Waals surface area contributed by atoms with Gasteiger partial charge < -0.3 is 14.8 Å². The summed E-state index contributed by atoms with van der Waals surface area (Å²) in [6.45, 7) is 0. The molecular weight excluding hydrogens is 554 g/mol. The van der Waals surface area contributed by atoms with Crippen molar-refractivity contribution in [3.05, 3.63) is 62.6 Å².